The van der Waals surface area contributed by atoms with Gasteiger partial charge in [-0.05, 0) is 18.6 Å². The molecule has 1 aromatic rings. The van der Waals surface area contributed by atoms with E-state index < -0.39 is 0 Å². The van der Waals surface area contributed by atoms with Gasteiger partial charge in [0, 0.05) is 38.5 Å². The summed E-state index contributed by atoms with van der Waals surface area (Å²) in [5.74, 6) is 0. The van der Waals surface area contributed by atoms with E-state index in [1.807, 2.05) is 0 Å². The number of hydrogen-bond acceptors (Lipinski definition) is 4. The first kappa shape index (κ1) is 17.0. The van der Waals surface area contributed by atoms with Crippen molar-refractivity contribution in [3.63, 3.8) is 0 Å². The van der Waals surface area contributed by atoms with E-state index in [1.165, 1.54) is 16.8 Å². The highest BCUT2D eigenvalue weighted by molar-refractivity contribution is 5.55. The summed E-state index contributed by atoms with van der Waals surface area (Å²) in [6.07, 6.45) is 0. The Morgan fingerprint density at radius 1 is 1.30 bits per heavy atom. The average molecular weight is 280 g/mol. The van der Waals surface area contributed by atoms with Crippen LogP contribution in [0.5, 0.6) is 0 Å². The van der Waals surface area contributed by atoms with E-state index in [1.54, 1.807) is 7.11 Å². The number of nitrogens with zero attached hydrogens (tertiary/aromatic N) is 1. The number of benzene rings is 1. The minimum Gasteiger partial charge on any atom is -0.395 e. The third-order valence-corrected chi connectivity index (χ3v) is 3.21. The largest absolute Gasteiger partial charge is 0.395 e. The molecule has 0 amide bonds. The number of rotatable bonds is 9. The van der Waals surface area contributed by atoms with Crippen molar-refractivity contribution in [2.75, 3.05) is 38.3 Å². The lowest BCUT2D eigenvalue weighted by Gasteiger charge is -2.27. The Balaban J connectivity index is 2.92. The highest BCUT2D eigenvalue weighted by atomic mass is 16.5. The third-order valence-electron chi connectivity index (χ3n) is 3.21. The van der Waals surface area contributed by atoms with Crippen LogP contribution < -0.4 is 10.2 Å². The number of ether oxygens (including phenoxy) is 1. The van der Waals surface area contributed by atoms with Crippen LogP contribution in [0.15, 0.2) is 18.2 Å². The molecule has 0 heterocycles. The van der Waals surface area contributed by atoms with Gasteiger partial charge in [-0.25, -0.2) is 0 Å². The molecule has 0 saturated heterocycles. The fraction of sp³-hybridized carbons (Fsp3) is 0.625. The van der Waals surface area contributed by atoms with Crippen LogP contribution in [0.4, 0.5) is 5.69 Å². The van der Waals surface area contributed by atoms with E-state index in [4.69, 9.17) is 4.74 Å². The predicted molar refractivity (Wildman–Crippen MR) is 84.3 cm³/mol. The van der Waals surface area contributed by atoms with E-state index in [2.05, 4.69) is 49.2 Å². The molecule has 2 N–H and O–H groups in total. The second-order valence-electron chi connectivity index (χ2n) is 5.37. The summed E-state index contributed by atoms with van der Waals surface area (Å²) in [7, 11) is 1.70. The summed E-state index contributed by atoms with van der Waals surface area (Å²) in [4.78, 5) is 2.18. The van der Waals surface area contributed by atoms with Gasteiger partial charge in [0.25, 0.3) is 0 Å². The molecular formula is C16H28N2O2. The SMILES string of the molecule is COCCN(CCO)c1ccc(C)cc1CNC(C)C. The standard InChI is InChI=1S/C16H28N2O2/c1-13(2)17-12-15-11-14(3)5-6-16(15)18(7-9-19)8-10-20-4/h5-6,11,13,17,19H,7-10,12H2,1-4H3. The molecule has 0 unspecified atom stereocenters. The van der Waals surface area contributed by atoms with Crippen molar-refractivity contribution in [1.29, 1.82) is 0 Å². The van der Waals surface area contributed by atoms with Crippen LogP contribution in [0.1, 0.15) is 25.0 Å². The number of methoxy groups -OCH3 is 1. The van der Waals surface area contributed by atoms with Crippen LogP contribution in [0.3, 0.4) is 0 Å². The number of anilines is 1. The number of aliphatic hydroxyl groups excluding tert-OH is 1. The minimum absolute atomic E-state index is 0.147. The molecule has 0 atom stereocenters. The molecule has 0 saturated carbocycles. The van der Waals surface area contributed by atoms with Gasteiger partial charge in [-0.1, -0.05) is 31.5 Å². The average Bonchev–Trinajstić information content (AvgIpc) is 2.41. The van der Waals surface area contributed by atoms with E-state index in [0.717, 1.165) is 13.1 Å². The molecule has 0 spiro atoms. The Bertz CT molecular complexity index is 394. The molecule has 0 aliphatic carbocycles. The lowest BCUT2D eigenvalue weighted by molar-refractivity contribution is 0.203. The van der Waals surface area contributed by atoms with Gasteiger partial charge in [-0.3, -0.25) is 0 Å². The Labute approximate surface area is 122 Å². The van der Waals surface area contributed by atoms with Crippen molar-refractivity contribution in [2.45, 2.75) is 33.4 Å². The molecule has 0 aromatic heterocycles. The molecule has 114 valence electrons. The normalized spacial score (nSPS) is 11.1. The predicted octanol–water partition coefficient (Wildman–Crippen LogP) is 1.94. The van der Waals surface area contributed by atoms with Crippen LogP contribution in [0, 0.1) is 6.92 Å². The second kappa shape index (κ2) is 8.95. The van der Waals surface area contributed by atoms with E-state index in [0.29, 0.717) is 19.2 Å². The summed E-state index contributed by atoms with van der Waals surface area (Å²) in [6, 6.07) is 6.92. The molecule has 20 heavy (non-hydrogen) atoms. The smallest absolute Gasteiger partial charge is 0.0637 e. The lowest BCUT2D eigenvalue weighted by atomic mass is 10.1. The monoisotopic (exact) mass is 280 g/mol. The van der Waals surface area contributed by atoms with Crippen molar-refractivity contribution in [3.05, 3.63) is 29.3 Å². The fourth-order valence-corrected chi connectivity index (χ4v) is 2.15. The molecule has 0 bridgehead atoms. The summed E-state index contributed by atoms with van der Waals surface area (Å²) in [5, 5.41) is 12.7. The fourth-order valence-electron chi connectivity index (χ4n) is 2.15. The molecular weight excluding hydrogens is 252 g/mol. The molecule has 0 fully saturated rings. The lowest BCUT2D eigenvalue weighted by Crippen LogP contribution is -2.32. The topological polar surface area (TPSA) is 44.7 Å². The summed E-state index contributed by atoms with van der Waals surface area (Å²) in [6.45, 7) is 9.45. The van der Waals surface area contributed by atoms with Gasteiger partial charge in [0.2, 0.25) is 0 Å². The van der Waals surface area contributed by atoms with Gasteiger partial charge < -0.3 is 20.1 Å². The van der Waals surface area contributed by atoms with Gasteiger partial charge in [0.05, 0.1) is 13.2 Å². The Morgan fingerprint density at radius 2 is 2.05 bits per heavy atom. The van der Waals surface area contributed by atoms with Crippen molar-refractivity contribution >= 4 is 5.69 Å². The maximum atomic E-state index is 9.26. The van der Waals surface area contributed by atoms with Crippen molar-refractivity contribution < 1.29 is 9.84 Å². The molecule has 4 nitrogen and oxygen atoms in total. The Morgan fingerprint density at radius 3 is 2.65 bits per heavy atom. The Hall–Kier alpha value is -1.10. The van der Waals surface area contributed by atoms with Gasteiger partial charge >= 0.3 is 0 Å². The van der Waals surface area contributed by atoms with Crippen LogP contribution >= 0.6 is 0 Å². The second-order valence-corrected chi connectivity index (χ2v) is 5.37. The first-order valence-corrected chi connectivity index (χ1v) is 7.26. The van der Waals surface area contributed by atoms with Crippen molar-refractivity contribution in [2.24, 2.45) is 0 Å². The molecule has 0 aliphatic heterocycles. The van der Waals surface area contributed by atoms with Crippen molar-refractivity contribution in [3.8, 4) is 0 Å². The maximum Gasteiger partial charge on any atom is 0.0637 e. The number of aliphatic hydroxyl groups is 1. The van der Waals surface area contributed by atoms with Gasteiger partial charge in [0.15, 0.2) is 0 Å². The van der Waals surface area contributed by atoms with Gasteiger partial charge in [-0.2, -0.15) is 0 Å². The number of aryl methyl sites for hydroxylation is 1. The maximum absolute atomic E-state index is 9.26. The molecule has 0 radical (unpaired) electrons. The Kier molecular flexibility index (Phi) is 7.59. The summed E-state index contributed by atoms with van der Waals surface area (Å²) < 4.78 is 5.16. The molecule has 1 aromatic carbocycles. The summed E-state index contributed by atoms with van der Waals surface area (Å²) in [5.41, 5.74) is 3.70. The van der Waals surface area contributed by atoms with Crippen LogP contribution in [-0.2, 0) is 11.3 Å². The molecule has 0 aliphatic rings. The van der Waals surface area contributed by atoms with Crippen LogP contribution in [-0.4, -0.2) is 44.6 Å². The zero-order valence-electron chi connectivity index (χ0n) is 13.1. The quantitative estimate of drug-likeness (QED) is 0.725. The van der Waals surface area contributed by atoms with E-state index >= 15 is 0 Å². The van der Waals surface area contributed by atoms with E-state index in [9.17, 15) is 5.11 Å². The van der Waals surface area contributed by atoms with Gasteiger partial charge in [0.1, 0.15) is 0 Å². The zero-order valence-corrected chi connectivity index (χ0v) is 13.1. The minimum atomic E-state index is 0.147. The van der Waals surface area contributed by atoms with Gasteiger partial charge in [-0.15, -0.1) is 0 Å². The molecule has 1 rings (SSSR count). The third kappa shape index (κ3) is 5.49. The highest BCUT2D eigenvalue weighted by Crippen LogP contribution is 2.22. The first-order valence-electron chi connectivity index (χ1n) is 7.26. The van der Waals surface area contributed by atoms with Crippen LogP contribution in [0.25, 0.3) is 0 Å². The molecule has 4 heteroatoms. The summed E-state index contributed by atoms with van der Waals surface area (Å²) >= 11 is 0. The first-order chi connectivity index (χ1) is 9.58. The number of hydrogen-bond donors (Lipinski definition) is 2. The number of nitrogens with one attached hydrogen (secondary N) is 1. The zero-order chi connectivity index (χ0) is 15.0. The van der Waals surface area contributed by atoms with Crippen LogP contribution in [0.2, 0.25) is 0 Å². The van der Waals surface area contributed by atoms with E-state index in [-0.39, 0.29) is 6.61 Å². The van der Waals surface area contributed by atoms with Crippen molar-refractivity contribution in [1.82, 2.24) is 5.32 Å². The highest BCUT2D eigenvalue weighted by Gasteiger charge is 2.11.